The van der Waals surface area contributed by atoms with E-state index in [4.69, 9.17) is 0 Å². The molecule has 12 heavy (non-hydrogen) atoms. The van der Waals surface area contributed by atoms with Gasteiger partial charge in [0.2, 0.25) is 0 Å². The number of hydrogen-bond acceptors (Lipinski definition) is 2. The van der Waals surface area contributed by atoms with Crippen LogP contribution in [0.1, 0.15) is 19.4 Å². The molecule has 1 heterocycles. The maximum absolute atomic E-state index is 11.3. The van der Waals surface area contributed by atoms with Gasteiger partial charge in [-0.1, -0.05) is 13.8 Å². The van der Waals surface area contributed by atoms with Crippen molar-refractivity contribution in [2.75, 3.05) is 0 Å². The molecule has 1 rings (SSSR count). The largest absolute Gasteiger partial charge is 0.299 e. The molecule has 0 aromatic carbocycles. The standard InChI is InChI=1S/C9H14N2O/c1-7(2)9(12)4-8-5-10-11(3)6-8/h5-7H,4H2,1-3H3. The molecule has 1 aromatic rings. The SMILES string of the molecule is CC(C)C(=O)Cc1cnn(C)c1. The molecule has 66 valence electrons. The molecule has 0 fully saturated rings. The Morgan fingerprint density at radius 2 is 2.33 bits per heavy atom. The van der Waals surface area contributed by atoms with Crippen molar-refractivity contribution in [1.29, 1.82) is 0 Å². The summed E-state index contributed by atoms with van der Waals surface area (Å²) < 4.78 is 1.71. The predicted octanol–water partition coefficient (Wildman–Crippen LogP) is 1.19. The summed E-state index contributed by atoms with van der Waals surface area (Å²) in [5.41, 5.74) is 0.996. The first-order valence-corrected chi connectivity index (χ1v) is 4.10. The molecule has 0 amide bonds. The van der Waals surface area contributed by atoms with Crippen molar-refractivity contribution in [3.63, 3.8) is 0 Å². The fourth-order valence-electron chi connectivity index (χ4n) is 0.968. The molecule has 1 aromatic heterocycles. The van der Waals surface area contributed by atoms with Crippen LogP contribution in [-0.2, 0) is 18.3 Å². The third-order valence-electron chi connectivity index (χ3n) is 1.78. The minimum Gasteiger partial charge on any atom is -0.299 e. The molecule has 0 aliphatic carbocycles. The molecule has 3 heteroatoms. The van der Waals surface area contributed by atoms with E-state index in [1.165, 1.54) is 0 Å². The van der Waals surface area contributed by atoms with Crippen LogP contribution in [0.15, 0.2) is 12.4 Å². The van der Waals surface area contributed by atoms with Crippen LogP contribution in [0.4, 0.5) is 0 Å². The number of nitrogens with zero attached hydrogens (tertiary/aromatic N) is 2. The topological polar surface area (TPSA) is 34.9 Å². The zero-order valence-corrected chi connectivity index (χ0v) is 7.74. The Balaban J connectivity index is 2.58. The Morgan fingerprint density at radius 1 is 1.67 bits per heavy atom. The third-order valence-corrected chi connectivity index (χ3v) is 1.78. The van der Waals surface area contributed by atoms with Crippen LogP contribution < -0.4 is 0 Å². The molecule has 0 aliphatic heterocycles. The molecule has 0 spiro atoms. The van der Waals surface area contributed by atoms with Gasteiger partial charge >= 0.3 is 0 Å². The molecule has 0 bridgehead atoms. The van der Waals surface area contributed by atoms with Crippen LogP contribution >= 0.6 is 0 Å². The van der Waals surface area contributed by atoms with E-state index in [-0.39, 0.29) is 11.7 Å². The van der Waals surface area contributed by atoms with E-state index in [9.17, 15) is 4.79 Å². The smallest absolute Gasteiger partial charge is 0.139 e. The lowest BCUT2D eigenvalue weighted by Crippen LogP contribution is -2.09. The van der Waals surface area contributed by atoms with Crippen molar-refractivity contribution in [2.45, 2.75) is 20.3 Å². The van der Waals surface area contributed by atoms with Crippen molar-refractivity contribution in [3.8, 4) is 0 Å². The monoisotopic (exact) mass is 166 g/mol. The van der Waals surface area contributed by atoms with Gasteiger partial charge in [-0.05, 0) is 5.56 Å². The molecular formula is C9H14N2O. The number of carbonyl (C=O) groups excluding carboxylic acids is 1. The highest BCUT2D eigenvalue weighted by atomic mass is 16.1. The van der Waals surface area contributed by atoms with Crippen LogP contribution in [0.5, 0.6) is 0 Å². The number of carbonyl (C=O) groups is 1. The van der Waals surface area contributed by atoms with E-state index in [1.807, 2.05) is 27.1 Å². The molecule has 0 aliphatic rings. The quantitative estimate of drug-likeness (QED) is 0.676. The van der Waals surface area contributed by atoms with Gasteiger partial charge in [-0.3, -0.25) is 9.48 Å². The predicted molar refractivity (Wildman–Crippen MR) is 46.8 cm³/mol. The second-order valence-electron chi connectivity index (χ2n) is 3.32. The van der Waals surface area contributed by atoms with Crippen LogP contribution in [0, 0.1) is 5.92 Å². The van der Waals surface area contributed by atoms with Gasteiger partial charge in [0.05, 0.1) is 6.20 Å². The van der Waals surface area contributed by atoms with Crippen molar-refractivity contribution < 1.29 is 4.79 Å². The minimum atomic E-state index is 0.116. The van der Waals surface area contributed by atoms with E-state index in [0.29, 0.717) is 6.42 Å². The van der Waals surface area contributed by atoms with E-state index >= 15 is 0 Å². The van der Waals surface area contributed by atoms with Crippen LogP contribution in [0.25, 0.3) is 0 Å². The molecule has 0 radical (unpaired) electrons. The highest BCUT2D eigenvalue weighted by Crippen LogP contribution is 2.03. The lowest BCUT2D eigenvalue weighted by molar-refractivity contribution is -0.121. The van der Waals surface area contributed by atoms with Gasteiger partial charge in [0.1, 0.15) is 5.78 Å². The summed E-state index contributed by atoms with van der Waals surface area (Å²) in [5, 5.41) is 3.99. The third kappa shape index (κ3) is 2.19. The van der Waals surface area contributed by atoms with Gasteiger partial charge in [-0.2, -0.15) is 5.10 Å². The van der Waals surface area contributed by atoms with Gasteiger partial charge in [-0.15, -0.1) is 0 Å². The average molecular weight is 166 g/mol. The Morgan fingerprint density at radius 3 is 2.75 bits per heavy atom. The van der Waals surface area contributed by atoms with Gasteiger partial charge < -0.3 is 0 Å². The number of hydrogen-bond donors (Lipinski definition) is 0. The molecule has 0 atom stereocenters. The maximum atomic E-state index is 11.3. The van der Waals surface area contributed by atoms with Crippen LogP contribution in [0.2, 0.25) is 0 Å². The molecule has 3 nitrogen and oxygen atoms in total. The van der Waals surface area contributed by atoms with Gasteiger partial charge in [0.15, 0.2) is 0 Å². The van der Waals surface area contributed by atoms with Crippen molar-refractivity contribution in [2.24, 2.45) is 13.0 Å². The Kier molecular flexibility index (Phi) is 2.63. The summed E-state index contributed by atoms with van der Waals surface area (Å²) in [5.74, 6) is 0.383. The zero-order chi connectivity index (χ0) is 9.14. The fraction of sp³-hybridized carbons (Fsp3) is 0.556. The molecule has 0 saturated heterocycles. The zero-order valence-electron chi connectivity index (χ0n) is 7.74. The first kappa shape index (κ1) is 8.97. The highest BCUT2D eigenvalue weighted by Gasteiger charge is 2.08. The van der Waals surface area contributed by atoms with Gasteiger partial charge in [-0.25, -0.2) is 0 Å². The summed E-state index contributed by atoms with van der Waals surface area (Å²) >= 11 is 0. The second kappa shape index (κ2) is 3.52. The lowest BCUT2D eigenvalue weighted by atomic mass is 10.0. The molecule has 0 N–H and O–H groups in total. The summed E-state index contributed by atoms with van der Waals surface area (Å²) in [6.07, 6.45) is 4.12. The summed E-state index contributed by atoms with van der Waals surface area (Å²) in [7, 11) is 1.85. The first-order valence-electron chi connectivity index (χ1n) is 4.10. The van der Waals surface area contributed by atoms with E-state index in [1.54, 1.807) is 10.9 Å². The average Bonchev–Trinajstić information content (AvgIpc) is 2.35. The van der Waals surface area contributed by atoms with Crippen LogP contribution in [0.3, 0.4) is 0 Å². The fourth-order valence-corrected chi connectivity index (χ4v) is 0.968. The molecular weight excluding hydrogens is 152 g/mol. The van der Waals surface area contributed by atoms with E-state index < -0.39 is 0 Å². The number of rotatable bonds is 3. The van der Waals surface area contributed by atoms with Gasteiger partial charge in [0, 0.05) is 25.6 Å². The molecule has 0 saturated carbocycles. The summed E-state index contributed by atoms with van der Waals surface area (Å²) in [6.45, 7) is 3.83. The van der Waals surface area contributed by atoms with Crippen molar-refractivity contribution in [3.05, 3.63) is 18.0 Å². The summed E-state index contributed by atoms with van der Waals surface area (Å²) in [6, 6.07) is 0. The number of Topliss-reactive ketones (excluding diaryl/α,β-unsaturated/α-hetero) is 1. The Labute approximate surface area is 72.4 Å². The maximum Gasteiger partial charge on any atom is 0.139 e. The van der Waals surface area contributed by atoms with Crippen molar-refractivity contribution in [1.82, 2.24) is 9.78 Å². The summed E-state index contributed by atoms with van der Waals surface area (Å²) in [4.78, 5) is 11.3. The number of aryl methyl sites for hydroxylation is 1. The Bertz CT molecular complexity index is 276. The number of aromatic nitrogens is 2. The minimum absolute atomic E-state index is 0.116. The van der Waals surface area contributed by atoms with Crippen molar-refractivity contribution >= 4 is 5.78 Å². The molecule has 0 unspecified atom stereocenters. The number of ketones is 1. The van der Waals surface area contributed by atoms with E-state index in [0.717, 1.165) is 5.56 Å². The van der Waals surface area contributed by atoms with Gasteiger partial charge in [0.25, 0.3) is 0 Å². The lowest BCUT2D eigenvalue weighted by Gasteiger charge is -2.00. The Hall–Kier alpha value is -1.12. The normalized spacial score (nSPS) is 10.7. The van der Waals surface area contributed by atoms with Crippen LogP contribution in [-0.4, -0.2) is 15.6 Å². The first-order chi connectivity index (χ1) is 5.59. The second-order valence-corrected chi connectivity index (χ2v) is 3.32. The highest BCUT2D eigenvalue weighted by molar-refractivity contribution is 5.82. The van der Waals surface area contributed by atoms with E-state index in [2.05, 4.69) is 5.10 Å².